The lowest BCUT2D eigenvalue weighted by Gasteiger charge is -2.24. The van der Waals surface area contributed by atoms with E-state index < -0.39 is 48.0 Å². The Morgan fingerprint density at radius 3 is 2.31 bits per heavy atom. The van der Waals surface area contributed by atoms with Crippen LogP contribution in [0, 0.1) is 4.77 Å². The van der Waals surface area contributed by atoms with E-state index in [0.29, 0.717) is 0 Å². The fourth-order valence-electron chi connectivity index (χ4n) is 2.54. The number of carbonyl (C=O) groups is 3. The average Bonchev–Trinajstić information content (AvgIpc) is 2.82. The summed E-state index contributed by atoms with van der Waals surface area (Å²) >= 11 is 5.11. The van der Waals surface area contributed by atoms with Crippen molar-refractivity contribution in [2.24, 2.45) is 0 Å². The van der Waals surface area contributed by atoms with Gasteiger partial charge in [-0.2, -0.15) is 0 Å². The second kappa shape index (κ2) is 8.23. The summed E-state index contributed by atoms with van der Waals surface area (Å²) < 4.78 is 22.6. The molecular formula is C15H18N2O8S. The van der Waals surface area contributed by atoms with Crippen LogP contribution in [0.3, 0.4) is 0 Å². The minimum absolute atomic E-state index is 0.0226. The SMILES string of the molecule is CC(=O)OC[C@@H]1O[C@H](n2ccc(=O)[nH]c2=S)[C@H](OC(C)=O)[C@@H]1OC(C)=O. The molecule has 2 rings (SSSR count). The predicted molar refractivity (Wildman–Crippen MR) is 87.5 cm³/mol. The molecule has 0 radical (unpaired) electrons. The number of H-pyrrole nitrogens is 1. The summed E-state index contributed by atoms with van der Waals surface area (Å²) in [6.45, 7) is 3.37. The van der Waals surface area contributed by atoms with Crippen molar-refractivity contribution in [3.63, 3.8) is 0 Å². The van der Waals surface area contributed by atoms with Crippen molar-refractivity contribution in [2.45, 2.75) is 45.3 Å². The molecule has 0 aromatic carbocycles. The Bertz CT molecular complexity index is 816. The summed E-state index contributed by atoms with van der Waals surface area (Å²) in [5.41, 5.74) is -0.415. The van der Waals surface area contributed by atoms with Gasteiger partial charge in [0.2, 0.25) is 0 Å². The lowest BCUT2D eigenvalue weighted by atomic mass is 10.1. The van der Waals surface area contributed by atoms with E-state index in [1.807, 2.05) is 0 Å². The number of ether oxygens (including phenoxy) is 4. The van der Waals surface area contributed by atoms with E-state index >= 15 is 0 Å². The Morgan fingerprint density at radius 1 is 1.15 bits per heavy atom. The van der Waals surface area contributed by atoms with Crippen LogP contribution >= 0.6 is 12.2 Å². The van der Waals surface area contributed by atoms with Crippen molar-refractivity contribution in [3.05, 3.63) is 27.4 Å². The molecule has 1 saturated heterocycles. The minimum Gasteiger partial charge on any atom is -0.463 e. The van der Waals surface area contributed by atoms with Crippen molar-refractivity contribution in [1.82, 2.24) is 9.55 Å². The van der Waals surface area contributed by atoms with Crippen molar-refractivity contribution >= 4 is 30.1 Å². The third-order valence-electron chi connectivity index (χ3n) is 3.47. The summed E-state index contributed by atoms with van der Waals surface area (Å²) in [6, 6.07) is 1.21. The summed E-state index contributed by atoms with van der Waals surface area (Å²) in [5, 5.41) is 0. The maximum absolute atomic E-state index is 11.5. The molecule has 142 valence electrons. The lowest BCUT2D eigenvalue weighted by Crippen LogP contribution is -2.40. The molecule has 1 aromatic rings. The minimum atomic E-state index is -1.06. The van der Waals surface area contributed by atoms with Crippen LogP contribution in [0.5, 0.6) is 0 Å². The largest absolute Gasteiger partial charge is 0.463 e. The normalized spacial score (nSPS) is 24.7. The highest BCUT2D eigenvalue weighted by Gasteiger charge is 2.50. The molecule has 0 aliphatic carbocycles. The van der Waals surface area contributed by atoms with Crippen molar-refractivity contribution < 1.29 is 33.3 Å². The van der Waals surface area contributed by atoms with E-state index in [2.05, 4.69) is 4.98 Å². The highest BCUT2D eigenvalue weighted by Crippen LogP contribution is 2.34. The Balaban J connectivity index is 2.41. The number of rotatable bonds is 5. The number of hydrogen-bond donors (Lipinski definition) is 1. The number of carbonyl (C=O) groups excluding carboxylic acids is 3. The van der Waals surface area contributed by atoms with Gasteiger partial charge in [-0.1, -0.05) is 0 Å². The third kappa shape index (κ3) is 4.76. The Labute approximate surface area is 153 Å². The topological polar surface area (TPSA) is 126 Å². The predicted octanol–water partition coefficient (Wildman–Crippen LogP) is 0.230. The van der Waals surface area contributed by atoms with Gasteiger partial charge >= 0.3 is 17.9 Å². The molecule has 4 atom stereocenters. The molecule has 11 heteroatoms. The molecular weight excluding hydrogens is 368 g/mol. The highest BCUT2D eigenvalue weighted by atomic mass is 32.1. The Hall–Kier alpha value is -2.53. The molecule has 26 heavy (non-hydrogen) atoms. The van der Waals surface area contributed by atoms with Gasteiger partial charge in [0.25, 0.3) is 5.56 Å². The summed E-state index contributed by atoms with van der Waals surface area (Å²) in [7, 11) is 0. The van der Waals surface area contributed by atoms with Gasteiger partial charge < -0.3 is 18.9 Å². The number of hydrogen-bond acceptors (Lipinski definition) is 9. The summed E-state index contributed by atoms with van der Waals surface area (Å²) in [6.07, 6.45) is -2.62. The number of nitrogens with zero attached hydrogens (tertiary/aromatic N) is 1. The molecule has 0 spiro atoms. The van der Waals surface area contributed by atoms with Gasteiger partial charge in [0.15, 0.2) is 23.2 Å². The first kappa shape index (κ1) is 19.8. The van der Waals surface area contributed by atoms with E-state index in [-0.39, 0.29) is 11.4 Å². The quantitative estimate of drug-likeness (QED) is 0.430. The molecule has 0 unspecified atom stereocenters. The van der Waals surface area contributed by atoms with Crippen LogP contribution in [0.2, 0.25) is 0 Å². The number of esters is 3. The van der Waals surface area contributed by atoms with Crippen LogP contribution in [-0.4, -0.2) is 52.4 Å². The first-order valence-corrected chi connectivity index (χ1v) is 8.04. The fourth-order valence-corrected chi connectivity index (χ4v) is 2.81. The molecule has 1 aliphatic rings. The van der Waals surface area contributed by atoms with Gasteiger partial charge in [-0.25, -0.2) is 0 Å². The number of nitrogens with one attached hydrogen (secondary N) is 1. The number of aromatic nitrogens is 2. The van der Waals surface area contributed by atoms with E-state index in [4.69, 9.17) is 31.2 Å². The van der Waals surface area contributed by atoms with Crippen molar-refractivity contribution in [1.29, 1.82) is 0 Å². The zero-order chi connectivity index (χ0) is 19.4. The number of aromatic amines is 1. The van der Waals surface area contributed by atoms with E-state index in [1.165, 1.54) is 37.6 Å². The van der Waals surface area contributed by atoms with Gasteiger partial charge in [-0.05, 0) is 12.2 Å². The van der Waals surface area contributed by atoms with Gasteiger partial charge in [-0.15, -0.1) is 0 Å². The summed E-state index contributed by atoms with van der Waals surface area (Å²) in [4.78, 5) is 47.9. The Morgan fingerprint density at radius 2 is 1.77 bits per heavy atom. The summed E-state index contributed by atoms with van der Waals surface area (Å²) in [5.74, 6) is -1.82. The van der Waals surface area contributed by atoms with E-state index in [9.17, 15) is 19.2 Å². The van der Waals surface area contributed by atoms with Crippen molar-refractivity contribution in [2.75, 3.05) is 6.61 Å². The average molecular weight is 386 g/mol. The zero-order valence-corrected chi connectivity index (χ0v) is 15.1. The first-order chi connectivity index (χ1) is 12.2. The molecule has 10 nitrogen and oxygen atoms in total. The second-order valence-electron chi connectivity index (χ2n) is 5.53. The zero-order valence-electron chi connectivity index (χ0n) is 14.3. The molecule has 1 aliphatic heterocycles. The van der Waals surface area contributed by atoms with Gasteiger partial charge in [0.1, 0.15) is 12.7 Å². The van der Waals surface area contributed by atoms with Gasteiger partial charge in [0.05, 0.1) is 0 Å². The highest BCUT2D eigenvalue weighted by molar-refractivity contribution is 7.71. The van der Waals surface area contributed by atoms with E-state index in [0.717, 1.165) is 0 Å². The maximum Gasteiger partial charge on any atom is 0.303 e. The van der Waals surface area contributed by atoms with Gasteiger partial charge in [-0.3, -0.25) is 28.7 Å². The molecule has 1 aromatic heterocycles. The fraction of sp³-hybridized carbons (Fsp3) is 0.533. The molecule has 0 amide bonds. The Kier molecular flexibility index (Phi) is 6.27. The van der Waals surface area contributed by atoms with Crippen molar-refractivity contribution in [3.8, 4) is 0 Å². The third-order valence-corrected chi connectivity index (χ3v) is 3.78. The maximum atomic E-state index is 11.5. The second-order valence-corrected chi connectivity index (χ2v) is 5.92. The monoisotopic (exact) mass is 386 g/mol. The molecule has 1 N–H and O–H groups in total. The standard InChI is InChI=1S/C15H18N2O8S/c1-7(18)22-6-10-12(23-8(2)19)13(24-9(3)20)14(25-10)17-5-4-11(21)16-15(17)26/h4-5,10,12-14H,6H2,1-3H3,(H,16,21,26)/t10-,12+,13+,14-/m0/s1. The first-order valence-electron chi connectivity index (χ1n) is 7.63. The van der Waals surface area contributed by atoms with Crippen LogP contribution < -0.4 is 5.56 Å². The van der Waals surface area contributed by atoms with Gasteiger partial charge in [0, 0.05) is 33.0 Å². The van der Waals surface area contributed by atoms with Crippen LogP contribution in [0.15, 0.2) is 17.1 Å². The molecule has 0 saturated carbocycles. The smallest absolute Gasteiger partial charge is 0.303 e. The lowest BCUT2D eigenvalue weighted by molar-refractivity contribution is -0.166. The van der Waals surface area contributed by atoms with Crippen LogP contribution in [0.1, 0.15) is 27.0 Å². The van der Waals surface area contributed by atoms with Crippen LogP contribution in [-0.2, 0) is 33.3 Å². The molecule has 0 bridgehead atoms. The van der Waals surface area contributed by atoms with E-state index in [1.54, 1.807) is 0 Å². The molecule has 1 fully saturated rings. The van der Waals surface area contributed by atoms with Crippen LogP contribution in [0.25, 0.3) is 0 Å². The van der Waals surface area contributed by atoms with Crippen LogP contribution in [0.4, 0.5) is 0 Å². The molecule has 2 heterocycles.